The van der Waals surface area contributed by atoms with Gasteiger partial charge in [-0.3, -0.25) is 9.59 Å². The number of nitrogens with zero attached hydrogens (tertiary/aromatic N) is 3. The molecule has 1 amide bonds. The second-order valence-electron chi connectivity index (χ2n) is 4.49. The van der Waals surface area contributed by atoms with Crippen molar-refractivity contribution in [3.05, 3.63) is 63.0 Å². The van der Waals surface area contributed by atoms with E-state index in [9.17, 15) is 9.59 Å². The third kappa shape index (κ3) is 2.82. The standard InChI is InChI=1S/C14H12N4O2S/c1-9-12(19)16-14-18(17-9)8-11(21-14)13(20)15-7-10-5-3-2-4-6-10/h2-6,8H,7H2,1H3,(H,15,20). The first kappa shape index (κ1) is 13.4. The summed E-state index contributed by atoms with van der Waals surface area (Å²) in [7, 11) is 0. The first-order chi connectivity index (χ1) is 10.1. The van der Waals surface area contributed by atoms with Gasteiger partial charge in [0, 0.05) is 6.54 Å². The van der Waals surface area contributed by atoms with Gasteiger partial charge in [0.1, 0.15) is 10.6 Å². The fourth-order valence-corrected chi connectivity index (χ4v) is 2.66. The van der Waals surface area contributed by atoms with Gasteiger partial charge in [0.25, 0.3) is 11.5 Å². The van der Waals surface area contributed by atoms with Gasteiger partial charge in [-0.05, 0) is 12.5 Å². The number of carbonyl (C=O) groups excluding carboxylic acids is 1. The summed E-state index contributed by atoms with van der Waals surface area (Å²) in [5, 5.41) is 6.90. The number of hydrogen-bond donors (Lipinski definition) is 1. The molecule has 0 unspecified atom stereocenters. The van der Waals surface area contributed by atoms with E-state index in [1.165, 1.54) is 4.52 Å². The van der Waals surface area contributed by atoms with E-state index in [4.69, 9.17) is 0 Å². The minimum absolute atomic E-state index is 0.207. The van der Waals surface area contributed by atoms with Crippen molar-refractivity contribution in [3.8, 4) is 0 Å². The van der Waals surface area contributed by atoms with Crippen molar-refractivity contribution in [1.82, 2.24) is 19.9 Å². The lowest BCUT2D eigenvalue weighted by Gasteiger charge is -2.02. The second kappa shape index (κ2) is 5.45. The summed E-state index contributed by atoms with van der Waals surface area (Å²) < 4.78 is 1.46. The Labute approximate surface area is 124 Å². The zero-order valence-electron chi connectivity index (χ0n) is 11.2. The number of fused-ring (bicyclic) bond motifs is 1. The van der Waals surface area contributed by atoms with E-state index in [0.717, 1.165) is 16.9 Å². The van der Waals surface area contributed by atoms with E-state index in [-0.39, 0.29) is 11.5 Å². The molecule has 3 rings (SSSR count). The molecule has 0 aliphatic rings. The predicted octanol–water partition coefficient (Wildman–Crippen LogP) is 1.39. The fraction of sp³-hybridized carbons (Fsp3) is 0.143. The van der Waals surface area contributed by atoms with Crippen LogP contribution in [0.15, 0.2) is 41.3 Å². The number of rotatable bonds is 3. The van der Waals surface area contributed by atoms with Crippen LogP contribution < -0.4 is 10.9 Å². The van der Waals surface area contributed by atoms with Gasteiger partial charge in [0.2, 0.25) is 4.96 Å². The Morgan fingerprint density at radius 2 is 2.10 bits per heavy atom. The molecule has 0 aliphatic carbocycles. The molecule has 1 N–H and O–H groups in total. The van der Waals surface area contributed by atoms with Crippen LogP contribution in [-0.2, 0) is 6.54 Å². The summed E-state index contributed by atoms with van der Waals surface area (Å²) in [6.45, 7) is 2.04. The highest BCUT2D eigenvalue weighted by atomic mass is 32.1. The molecule has 0 spiro atoms. The second-order valence-corrected chi connectivity index (χ2v) is 5.50. The summed E-state index contributed by atoms with van der Waals surface area (Å²) in [5.41, 5.74) is 0.961. The lowest BCUT2D eigenvalue weighted by atomic mass is 10.2. The van der Waals surface area contributed by atoms with E-state index < -0.39 is 0 Å². The quantitative estimate of drug-likeness (QED) is 0.793. The van der Waals surface area contributed by atoms with Gasteiger partial charge in [0.05, 0.1) is 6.20 Å². The summed E-state index contributed by atoms with van der Waals surface area (Å²) in [5.74, 6) is -0.207. The molecular formula is C14H12N4O2S. The average Bonchev–Trinajstić information content (AvgIpc) is 2.89. The molecule has 7 heteroatoms. The molecule has 0 fully saturated rings. The molecule has 1 aromatic carbocycles. The van der Waals surface area contributed by atoms with Crippen molar-refractivity contribution in [2.24, 2.45) is 0 Å². The third-order valence-electron chi connectivity index (χ3n) is 2.92. The van der Waals surface area contributed by atoms with Crippen molar-refractivity contribution in [1.29, 1.82) is 0 Å². The highest BCUT2D eigenvalue weighted by Crippen LogP contribution is 2.14. The fourth-order valence-electron chi connectivity index (χ4n) is 1.83. The molecule has 21 heavy (non-hydrogen) atoms. The Morgan fingerprint density at radius 3 is 2.86 bits per heavy atom. The maximum Gasteiger partial charge on any atom is 0.295 e. The Morgan fingerprint density at radius 1 is 1.33 bits per heavy atom. The van der Waals surface area contributed by atoms with E-state index >= 15 is 0 Å². The number of benzene rings is 1. The van der Waals surface area contributed by atoms with Crippen molar-refractivity contribution in [2.75, 3.05) is 0 Å². The SMILES string of the molecule is Cc1nn2cc(C(=O)NCc3ccccc3)sc2nc1=O. The minimum Gasteiger partial charge on any atom is -0.347 e. The van der Waals surface area contributed by atoms with Crippen LogP contribution in [0.5, 0.6) is 0 Å². The molecule has 0 saturated heterocycles. The van der Waals surface area contributed by atoms with Gasteiger partial charge in [-0.1, -0.05) is 41.7 Å². The Balaban J connectivity index is 1.80. The molecule has 0 atom stereocenters. The number of amides is 1. The molecule has 0 bridgehead atoms. The zero-order chi connectivity index (χ0) is 14.8. The monoisotopic (exact) mass is 300 g/mol. The van der Waals surface area contributed by atoms with Crippen LogP contribution in [0.4, 0.5) is 0 Å². The minimum atomic E-state index is -0.368. The molecular weight excluding hydrogens is 288 g/mol. The van der Waals surface area contributed by atoms with Gasteiger partial charge in [-0.15, -0.1) is 0 Å². The third-order valence-corrected chi connectivity index (χ3v) is 3.89. The first-order valence-corrected chi connectivity index (χ1v) is 7.14. The summed E-state index contributed by atoms with van der Waals surface area (Å²) in [6.07, 6.45) is 1.58. The van der Waals surface area contributed by atoms with E-state index in [1.54, 1.807) is 13.1 Å². The van der Waals surface area contributed by atoms with Gasteiger partial charge < -0.3 is 5.32 Å². The molecule has 0 aliphatic heterocycles. The molecule has 106 valence electrons. The Bertz CT molecular complexity index is 854. The van der Waals surface area contributed by atoms with Gasteiger partial charge in [-0.25, -0.2) is 4.52 Å². The average molecular weight is 300 g/mol. The highest BCUT2D eigenvalue weighted by Gasteiger charge is 2.12. The van der Waals surface area contributed by atoms with E-state index in [1.807, 2.05) is 30.3 Å². The van der Waals surface area contributed by atoms with Crippen molar-refractivity contribution in [3.63, 3.8) is 0 Å². The van der Waals surface area contributed by atoms with Gasteiger partial charge in [0.15, 0.2) is 0 Å². The largest absolute Gasteiger partial charge is 0.347 e. The van der Waals surface area contributed by atoms with E-state index in [2.05, 4.69) is 15.4 Å². The van der Waals surface area contributed by atoms with Crippen molar-refractivity contribution < 1.29 is 4.79 Å². The normalized spacial score (nSPS) is 10.7. The summed E-state index contributed by atoms with van der Waals surface area (Å²) in [4.78, 5) is 28.3. The van der Waals surface area contributed by atoms with Gasteiger partial charge in [-0.2, -0.15) is 10.1 Å². The van der Waals surface area contributed by atoms with Crippen molar-refractivity contribution >= 4 is 22.2 Å². The lowest BCUT2D eigenvalue weighted by Crippen LogP contribution is -2.21. The smallest absolute Gasteiger partial charge is 0.295 e. The number of hydrogen-bond acceptors (Lipinski definition) is 5. The Kier molecular flexibility index (Phi) is 3.49. The van der Waals surface area contributed by atoms with Crippen LogP contribution in [0.3, 0.4) is 0 Å². The summed E-state index contributed by atoms with van der Waals surface area (Å²) in [6, 6.07) is 9.65. The number of thiazole rings is 1. The Hall–Kier alpha value is -2.54. The maximum absolute atomic E-state index is 12.1. The summed E-state index contributed by atoms with van der Waals surface area (Å²) >= 11 is 1.14. The number of carbonyl (C=O) groups is 1. The van der Waals surface area contributed by atoms with Crippen LogP contribution in [-0.4, -0.2) is 20.5 Å². The first-order valence-electron chi connectivity index (χ1n) is 6.33. The van der Waals surface area contributed by atoms with Crippen LogP contribution in [0.2, 0.25) is 0 Å². The topological polar surface area (TPSA) is 76.4 Å². The van der Waals surface area contributed by atoms with Crippen LogP contribution >= 0.6 is 11.3 Å². The number of aryl methyl sites for hydroxylation is 1. The molecule has 2 aromatic heterocycles. The molecule has 0 radical (unpaired) electrons. The van der Waals surface area contributed by atoms with Crippen LogP contribution in [0, 0.1) is 6.92 Å². The predicted molar refractivity (Wildman–Crippen MR) is 79.5 cm³/mol. The molecule has 6 nitrogen and oxygen atoms in total. The number of aromatic nitrogens is 3. The van der Waals surface area contributed by atoms with E-state index in [0.29, 0.717) is 22.1 Å². The number of nitrogens with one attached hydrogen (secondary N) is 1. The molecule has 3 aromatic rings. The maximum atomic E-state index is 12.1. The van der Waals surface area contributed by atoms with Crippen molar-refractivity contribution in [2.45, 2.75) is 13.5 Å². The molecule has 0 saturated carbocycles. The highest BCUT2D eigenvalue weighted by molar-refractivity contribution is 7.18. The van der Waals surface area contributed by atoms with Crippen LogP contribution in [0.25, 0.3) is 4.96 Å². The van der Waals surface area contributed by atoms with Crippen LogP contribution in [0.1, 0.15) is 20.9 Å². The molecule has 2 heterocycles. The lowest BCUT2D eigenvalue weighted by molar-refractivity contribution is 0.0954. The zero-order valence-corrected chi connectivity index (χ0v) is 12.1. The van der Waals surface area contributed by atoms with Gasteiger partial charge >= 0.3 is 0 Å².